The van der Waals surface area contributed by atoms with Crippen LogP contribution in [0.2, 0.25) is 10.0 Å². The summed E-state index contributed by atoms with van der Waals surface area (Å²) in [5, 5.41) is 12.7. The molecule has 6 aromatic rings. The van der Waals surface area contributed by atoms with Crippen molar-refractivity contribution in [1.82, 2.24) is 40.0 Å². The Balaban J connectivity index is 0.000000160. The number of H-pyrrole nitrogens is 2. The number of hydrogen-bond donors (Lipinski definition) is 4. The molecule has 2 aliphatic heterocycles. The zero-order chi connectivity index (χ0) is 40.8. The third kappa shape index (κ3) is 10.5. The Hall–Kier alpha value is -4.92. The van der Waals surface area contributed by atoms with Crippen LogP contribution in [-0.4, -0.2) is 102 Å². The fourth-order valence-corrected chi connectivity index (χ4v) is 7.48. The summed E-state index contributed by atoms with van der Waals surface area (Å²) in [6.07, 6.45) is 3.46. The van der Waals surface area contributed by atoms with Crippen LogP contribution >= 0.6 is 23.2 Å². The van der Waals surface area contributed by atoms with Crippen molar-refractivity contribution in [3.05, 3.63) is 129 Å². The highest BCUT2D eigenvalue weighted by Gasteiger charge is 2.34. The summed E-state index contributed by atoms with van der Waals surface area (Å²) in [4.78, 5) is 44.7. The molecule has 300 valence electrons. The van der Waals surface area contributed by atoms with Gasteiger partial charge in [-0.05, 0) is 87.4 Å². The molecule has 0 aliphatic carbocycles. The number of benzene rings is 2. The van der Waals surface area contributed by atoms with E-state index in [2.05, 4.69) is 55.8 Å². The van der Waals surface area contributed by atoms with E-state index in [9.17, 15) is 18.4 Å². The van der Waals surface area contributed by atoms with Crippen LogP contribution in [0.3, 0.4) is 0 Å². The number of rotatable bonds is 6. The summed E-state index contributed by atoms with van der Waals surface area (Å²) in [7, 11) is 0. The van der Waals surface area contributed by atoms with Crippen LogP contribution in [0.5, 0.6) is 0 Å². The second kappa shape index (κ2) is 18.6. The molecule has 0 spiro atoms. The predicted molar refractivity (Wildman–Crippen MR) is 220 cm³/mol. The molecule has 2 aromatic carbocycles. The van der Waals surface area contributed by atoms with Gasteiger partial charge in [-0.15, -0.1) is 0 Å². The third-order valence-corrected chi connectivity index (χ3v) is 10.8. The Morgan fingerprint density at radius 2 is 1.19 bits per heavy atom. The Bertz CT molecular complexity index is 2300. The zero-order valence-electron chi connectivity index (χ0n) is 32.1. The molecule has 2 aliphatic rings. The van der Waals surface area contributed by atoms with Crippen LogP contribution in [0.25, 0.3) is 22.1 Å². The van der Waals surface area contributed by atoms with Crippen molar-refractivity contribution in [2.24, 2.45) is 0 Å². The van der Waals surface area contributed by atoms with Crippen LogP contribution < -0.4 is 5.32 Å². The molecule has 1 amide bonds. The zero-order valence-corrected chi connectivity index (χ0v) is 33.7. The number of fused-ring (bicyclic) bond motifs is 2. The quantitative estimate of drug-likeness (QED) is 0.133. The van der Waals surface area contributed by atoms with Gasteiger partial charge in [0.05, 0.1) is 32.1 Å². The lowest BCUT2D eigenvalue weighted by Crippen LogP contribution is -2.57. The van der Waals surface area contributed by atoms with Gasteiger partial charge in [-0.2, -0.15) is 0 Å². The van der Waals surface area contributed by atoms with E-state index in [4.69, 9.17) is 28.3 Å². The predicted octanol–water partition coefficient (Wildman–Crippen LogP) is 8.01. The van der Waals surface area contributed by atoms with Gasteiger partial charge in [0.2, 0.25) is 0 Å². The summed E-state index contributed by atoms with van der Waals surface area (Å²) < 4.78 is 25.9. The number of carboxylic acids is 1. The van der Waals surface area contributed by atoms with Gasteiger partial charge >= 0.3 is 5.97 Å². The molecule has 6 heterocycles. The average molecular weight is 820 g/mol. The maximum atomic E-state index is 13.2. The van der Waals surface area contributed by atoms with Crippen LogP contribution in [0.15, 0.2) is 85.2 Å². The van der Waals surface area contributed by atoms with Crippen molar-refractivity contribution in [2.75, 3.05) is 26.2 Å². The van der Waals surface area contributed by atoms with Gasteiger partial charge in [0.15, 0.2) is 5.69 Å². The summed E-state index contributed by atoms with van der Waals surface area (Å²) in [5.41, 5.74) is 5.28. The lowest BCUT2D eigenvalue weighted by molar-refractivity contribution is 0.0286. The SMILES string of the molecule is C[C@@H]1CN(Cc2ccc(F)cc2)[C@@H](C)CN1.C[C@@H]1CN(Cc2ccc(F)cc2)[C@@H](C)CN1C(=O)c1nc2cc[nH]c2cc1Cl.O=C(O)c1nc2cc[nH]c2cc1Cl. The standard InChI is InChI=1S/C21H22ClFN4O.C13H19FN2.C8H5ClN2O2/c1-13-11-27(14(2)10-26(13)12-15-3-5-16(23)6-4-15)21(28)20-17(22)9-19-18(25-20)7-8-24-19;1-10-8-16(11(2)7-15-10)9-12-3-5-13(14)6-4-12;9-4-3-6-5(1-2-10-6)11-7(4)8(12)13/h3-9,13-14,24H,10-12H2,1-2H3;3-6,10-11,15H,7-9H2,1-2H3;1-3,10H,(H,12,13)/t13-,14+;10-,11+;/m01./s1. The number of carbonyl (C=O) groups excluding carboxylic acids is 1. The van der Waals surface area contributed by atoms with Crippen molar-refractivity contribution in [3.63, 3.8) is 0 Å². The number of amides is 1. The van der Waals surface area contributed by atoms with E-state index in [-0.39, 0.29) is 40.3 Å². The Morgan fingerprint density at radius 1 is 0.702 bits per heavy atom. The molecule has 4 aromatic heterocycles. The first kappa shape index (κ1) is 41.7. The van der Waals surface area contributed by atoms with Crippen molar-refractivity contribution in [3.8, 4) is 0 Å². The molecular weight excluding hydrogens is 773 g/mol. The lowest BCUT2D eigenvalue weighted by Gasteiger charge is -2.44. The highest BCUT2D eigenvalue weighted by Crippen LogP contribution is 2.25. The Kier molecular flexibility index (Phi) is 13.6. The number of nitrogens with zero attached hydrogens (tertiary/aromatic N) is 5. The molecule has 0 unspecified atom stereocenters. The van der Waals surface area contributed by atoms with Gasteiger partial charge < -0.3 is 25.3 Å². The number of aromatic amines is 2. The lowest BCUT2D eigenvalue weighted by atomic mass is 10.1. The Morgan fingerprint density at radius 3 is 1.72 bits per heavy atom. The van der Waals surface area contributed by atoms with Gasteiger partial charge in [-0.1, -0.05) is 47.5 Å². The topological polar surface area (TPSA) is 133 Å². The summed E-state index contributed by atoms with van der Waals surface area (Å²) in [5.74, 6) is -1.66. The molecule has 4 N–H and O–H groups in total. The fraction of sp³-hybridized carbons (Fsp3) is 0.333. The first-order valence-corrected chi connectivity index (χ1v) is 19.5. The van der Waals surface area contributed by atoms with E-state index in [0.29, 0.717) is 34.9 Å². The monoisotopic (exact) mass is 818 g/mol. The molecule has 8 rings (SSSR count). The highest BCUT2D eigenvalue weighted by atomic mass is 35.5. The molecular formula is C42H46Cl2F2N8O3. The number of aromatic nitrogens is 4. The summed E-state index contributed by atoms with van der Waals surface area (Å²) >= 11 is 12.0. The molecule has 0 bridgehead atoms. The van der Waals surface area contributed by atoms with E-state index in [0.717, 1.165) is 54.8 Å². The smallest absolute Gasteiger partial charge is 0.356 e. The van der Waals surface area contributed by atoms with E-state index < -0.39 is 5.97 Å². The number of piperazine rings is 2. The second-order valence-electron chi connectivity index (χ2n) is 14.7. The van der Waals surface area contributed by atoms with Crippen LogP contribution in [0, 0.1) is 11.6 Å². The molecule has 15 heteroatoms. The molecule has 0 saturated carbocycles. The number of pyridine rings is 2. The van der Waals surface area contributed by atoms with Gasteiger partial charge in [0.25, 0.3) is 5.91 Å². The molecule has 4 atom stereocenters. The summed E-state index contributed by atoms with van der Waals surface area (Å²) in [6, 6.07) is 21.5. The second-order valence-corrected chi connectivity index (χ2v) is 15.5. The van der Waals surface area contributed by atoms with Gasteiger partial charge in [0.1, 0.15) is 17.3 Å². The van der Waals surface area contributed by atoms with Crippen molar-refractivity contribution in [2.45, 2.75) is 65.0 Å². The van der Waals surface area contributed by atoms with Crippen LogP contribution in [-0.2, 0) is 13.1 Å². The minimum atomic E-state index is -1.12. The number of hydrogen-bond acceptors (Lipinski definition) is 7. The first-order chi connectivity index (χ1) is 27.2. The maximum Gasteiger partial charge on any atom is 0.356 e. The number of carboxylic acid groups (broad SMARTS) is 1. The highest BCUT2D eigenvalue weighted by molar-refractivity contribution is 6.34. The number of halogens is 4. The van der Waals surface area contributed by atoms with E-state index in [1.165, 1.54) is 29.8 Å². The van der Waals surface area contributed by atoms with E-state index in [1.54, 1.807) is 42.7 Å². The van der Waals surface area contributed by atoms with E-state index >= 15 is 0 Å². The third-order valence-electron chi connectivity index (χ3n) is 10.2. The first-order valence-electron chi connectivity index (χ1n) is 18.8. The fourth-order valence-electron chi connectivity index (χ4n) is 7.02. The molecule has 2 fully saturated rings. The molecule has 11 nitrogen and oxygen atoms in total. The molecule has 0 radical (unpaired) electrons. The molecule has 2 saturated heterocycles. The number of nitrogens with one attached hydrogen (secondary N) is 3. The van der Waals surface area contributed by atoms with Crippen LogP contribution in [0.4, 0.5) is 8.78 Å². The van der Waals surface area contributed by atoms with Crippen molar-refractivity contribution >= 4 is 57.1 Å². The van der Waals surface area contributed by atoms with Gasteiger partial charge in [-0.3, -0.25) is 14.6 Å². The maximum absolute atomic E-state index is 13.2. The Labute approximate surface area is 340 Å². The van der Waals surface area contributed by atoms with Crippen molar-refractivity contribution in [1.29, 1.82) is 0 Å². The average Bonchev–Trinajstić information content (AvgIpc) is 3.84. The summed E-state index contributed by atoms with van der Waals surface area (Å²) in [6.45, 7) is 13.6. The minimum absolute atomic E-state index is 0.0175. The normalized spacial score (nSPS) is 20.1. The van der Waals surface area contributed by atoms with Crippen LogP contribution in [0.1, 0.15) is 59.8 Å². The minimum Gasteiger partial charge on any atom is -0.476 e. The molecule has 57 heavy (non-hydrogen) atoms. The van der Waals surface area contributed by atoms with Crippen molar-refractivity contribution < 1.29 is 23.5 Å². The van der Waals surface area contributed by atoms with Gasteiger partial charge in [0, 0.05) is 75.8 Å². The largest absolute Gasteiger partial charge is 0.476 e. The van der Waals surface area contributed by atoms with Gasteiger partial charge in [-0.25, -0.2) is 23.5 Å². The number of carbonyl (C=O) groups is 2. The number of aromatic carboxylic acids is 1. The van der Waals surface area contributed by atoms with E-state index in [1.807, 2.05) is 30.0 Å².